The molecule has 0 aromatic heterocycles. The minimum atomic E-state index is -0.914. The Morgan fingerprint density at radius 2 is 1.29 bits per heavy atom. The third-order valence-corrected chi connectivity index (χ3v) is 7.71. The summed E-state index contributed by atoms with van der Waals surface area (Å²) in [6.07, 6.45) is 0.672. The first-order valence-electron chi connectivity index (χ1n) is 12.4. The molecule has 1 aromatic carbocycles. The quantitative estimate of drug-likeness (QED) is 0.443. The van der Waals surface area contributed by atoms with Gasteiger partial charge in [0.2, 0.25) is 0 Å². The number of ether oxygens (including phenoxy) is 6. The molecule has 8 heteroatoms. The Bertz CT molecular complexity index is 1030. The molecule has 3 saturated heterocycles. The van der Waals surface area contributed by atoms with Crippen LogP contribution in [0.15, 0.2) is 42.5 Å². The molecule has 35 heavy (non-hydrogen) atoms. The van der Waals surface area contributed by atoms with Gasteiger partial charge in [0.25, 0.3) is 0 Å². The second-order valence-electron chi connectivity index (χ2n) is 11.1. The molecule has 5 aliphatic rings. The predicted octanol–water partition coefficient (Wildman–Crippen LogP) is 3.24. The van der Waals surface area contributed by atoms with Crippen molar-refractivity contribution in [2.24, 2.45) is 11.8 Å². The average Bonchev–Trinajstić information content (AvgIpc) is 3.31. The van der Waals surface area contributed by atoms with Gasteiger partial charge in [0, 0.05) is 11.8 Å². The Hall–Kier alpha value is -2.26. The fraction of sp³-hybridized carbons (Fsp3) is 0.630. The number of carbonyl (C=O) groups is 2. The molecule has 0 N–H and O–H groups in total. The van der Waals surface area contributed by atoms with E-state index in [0.29, 0.717) is 6.42 Å². The lowest BCUT2D eigenvalue weighted by Crippen LogP contribution is -2.63. The van der Waals surface area contributed by atoms with Crippen molar-refractivity contribution in [3.8, 4) is 0 Å². The van der Waals surface area contributed by atoms with Crippen molar-refractivity contribution in [1.82, 2.24) is 0 Å². The summed E-state index contributed by atoms with van der Waals surface area (Å²) in [6, 6.07) is 9.91. The molecule has 0 bridgehead atoms. The van der Waals surface area contributed by atoms with Gasteiger partial charge in [-0.1, -0.05) is 42.5 Å². The smallest absolute Gasteiger partial charge is 0.310 e. The summed E-state index contributed by atoms with van der Waals surface area (Å²) in [5.41, 5.74) is 1.05. The first-order chi connectivity index (χ1) is 16.6. The molecule has 1 saturated carbocycles. The van der Waals surface area contributed by atoms with Gasteiger partial charge in [0.05, 0.1) is 12.3 Å². The third kappa shape index (κ3) is 4.00. The van der Waals surface area contributed by atoms with E-state index in [1.54, 1.807) is 0 Å². The largest absolute Gasteiger partial charge is 0.455 e. The highest BCUT2D eigenvalue weighted by atomic mass is 16.8. The van der Waals surface area contributed by atoms with Crippen LogP contribution in [0.3, 0.4) is 0 Å². The van der Waals surface area contributed by atoms with Crippen LogP contribution in [0.4, 0.5) is 0 Å². The highest BCUT2D eigenvalue weighted by molar-refractivity contribution is 5.78. The van der Waals surface area contributed by atoms with Gasteiger partial charge in [-0.15, -0.1) is 0 Å². The van der Waals surface area contributed by atoms with Crippen LogP contribution in [0.5, 0.6) is 0 Å². The number of hydrogen-bond acceptors (Lipinski definition) is 8. The Balaban J connectivity index is 1.39. The van der Waals surface area contributed by atoms with Crippen LogP contribution in [-0.4, -0.2) is 60.1 Å². The molecule has 1 aromatic rings. The molecule has 2 aliphatic carbocycles. The minimum absolute atomic E-state index is 0.0847. The summed E-state index contributed by atoms with van der Waals surface area (Å²) < 4.78 is 37.0. The zero-order valence-corrected chi connectivity index (χ0v) is 20.4. The molecule has 0 radical (unpaired) electrons. The van der Waals surface area contributed by atoms with Crippen molar-refractivity contribution in [1.29, 1.82) is 0 Å². The number of carbonyl (C=O) groups excluding carboxylic acids is 2. The lowest BCUT2D eigenvalue weighted by molar-refractivity contribution is -0.210. The molecule has 3 heterocycles. The molecule has 3 aliphatic heterocycles. The maximum absolute atomic E-state index is 13.9. The number of rotatable bonds is 1. The van der Waals surface area contributed by atoms with Crippen molar-refractivity contribution >= 4 is 11.9 Å². The summed E-state index contributed by atoms with van der Waals surface area (Å²) >= 11 is 0. The van der Waals surface area contributed by atoms with Gasteiger partial charge >= 0.3 is 11.9 Å². The second kappa shape index (κ2) is 8.13. The Kier molecular flexibility index (Phi) is 5.38. The van der Waals surface area contributed by atoms with Gasteiger partial charge in [0.15, 0.2) is 23.8 Å². The van der Waals surface area contributed by atoms with Gasteiger partial charge in [-0.05, 0) is 39.7 Å². The number of benzene rings is 1. The highest BCUT2D eigenvalue weighted by Gasteiger charge is 2.66. The summed E-state index contributed by atoms with van der Waals surface area (Å²) in [5.74, 6) is -3.51. The number of esters is 2. The maximum Gasteiger partial charge on any atom is 0.310 e. The zero-order valence-electron chi connectivity index (χ0n) is 20.4. The van der Waals surface area contributed by atoms with E-state index < -0.39 is 60.1 Å². The predicted molar refractivity (Wildman–Crippen MR) is 122 cm³/mol. The van der Waals surface area contributed by atoms with Crippen molar-refractivity contribution < 1.29 is 38.0 Å². The summed E-state index contributed by atoms with van der Waals surface area (Å²) in [7, 11) is 0. The van der Waals surface area contributed by atoms with E-state index in [1.807, 2.05) is 70.2 Å². The van der Waals surface area contributed by atoms with E-state index in [2.05, 4.69) is 0 Å². The lowest BCUT2D eigenvalue weighted by Gasteiger charge is -2.42. The van der Waals surface area contributed by atoms with Gasteiger partial charge in [-0.3, -0.25) is 9.59 Å². The van der Waals surface area contributed by atoms with Crippen molar-refractivity contribution in [3.05, 3.63) is 48.0 Å². The number of allylic oxidation sites excluding steroid dienone is 2. The Morgan fingerprint density at radius 3 is 1.89 bits per heavy atom. The fourth-order valence-corrected chi connectivity index (χ4v) is 6.44. The molecule has 0 amide bonds. The standard InChI is InChI=1S/C27H32O8/c1-26(2)32-21-19-20(22-24(23(21)34-26)35-27(3,4)33-22)31-25(29)18-15(13-17(28)30-19)11-8-12-16(18)14-9-6-5-7-10-14/h5-11,15-16,18-24H,12-13H2,1-4H3/t15-,16-,18+,19-,20-,21+,22+,23+,24+/m0/s1. The van der Waals surface area contributed by atoms with Crippen LogP contribution in [0.1, 0.15) is 52.0 Å². The second-order valence-corrected chi connectivity index (χ2v) is 11.1. The van der Waals surface area contributed by atoms with E-state index in [-0.39, 0.29) is 24.2 Å². The Morgan fingerprint density at radius 1 is 0.743 bits per heavy atom. The topological polar surface area (TPSA) is 89.5 Å². The molecule has 0 unspecified atom stereocenters. The van der Waals surface area contributed by atoms with Crippen molar-refractivity contribution in [2.45, 2.75) is 94.7 Å². The van der Waals surface area contributed by atoms with E-state index in [4.69, 9.17) is 28.4 Å². The van der Waals surface area contributed by atoms with E-state index >= 15 is 0 Å². The van der Waals surface area contributed by atoms with Crippen molar-refractivity contribution in [3.63, 3.8) is 0 Å². The van der Waals surface area contributed by atoms with Crippen LogP contribution in [0.2, 0.25) is 0 Å². The fourth-order valence-electron chi connectivity index (χ4n) is 6.44. The molecule has 6 rings (SSSR count). The Labute approximate surface area is 204 Å². The van der Waals surface area contributed by atoms with Crippen molar-refractivity contribution in [2.75, 3.05) is 0 Å². The van der Waals surface area contributed by atoms with E-state index in [9.17, 15) is 9.59 Å². The first kappa shape index (κ1) is 23.2. The normalized spacial score (nSPS) is 43.4. The van der Waals surface area contributed by atoms with E-state index in [1.165, 1.54) is 0 Å². The average molecular weight is 485 g/mol. The highest BCUT2D eigenvalue weighted by Crippen LogP contribution is 2.48. The molecular weight excluding hydrogens is 452 g/mol. The molecule has 0 spiro atoms. The van der Waals surface area contributed by atoms with E-state index in [0.717, 1.165) is 5.56 Å². The molecule has 188 valence electrons. The van der Waals surface area contributed by atoms with Crippen LogP contribution in [0, 0.1) is 11.8 Å². The van der Waals surface area contributed by atoms with Gasteiger partial charge in [-0.2, -0.15) is 0 Å². The lowest BCUT2D eigenvalue weighted by atomic mass is 9.71. The monoisotopic (exact) mass is 484 g/mol. The summed E-state index contributed by atoms with van der Waals surface area (Å²) in [6.45, 7) is 7.24. The maximum atomic E-state index is 13.9. The van der Waals surface area contributed by atoms with Crippen LogP contribution in [0.25, 0.3) is 0 Å². The van der Waals surface area contributed by atoms with Crippen LogP contribution in [-0.2, 0) is 38.0 Å². The first-order valence-corrected chi connectivity index (χ1v) is 12.4. The molecule has 9 atom stereocenters. The summed E-state index contributed by atoms with van der Waals surface area (Å²) in [4.78, 5) is 27.1. The number of hydrogen-bond donors (Lipinski definition) is 0. The molecule has 8 nitrogen and oxygen atoms in total. The molecular formula is C27H32O8. The van der Waals surface area contributed by atoms with Crippen LogP contribution >= 0.6 is 0 Å². The SMILES string of the molecule is CC1(C)O[C@H]2[C@@H]3OC(C)(C)O[C@@H]3[C@H]3OC(=O)[C@@H]4[C@@H](C=CC[C@H]4c4ccccc4)CC(=O)O[C@@H]3[C@H]2O1. The zero-order chi connectivity index (χ0) is 24.5. The van der Waals surface area contributed by atoms with Gasteiger partial charge in [0.1, 0.15) is 24.4 Å². The van der Waals surface area contributed by atoms with Gasteiger partial charge in [-0.25, -0.2) is 0 Å². The number of fused-ring (bicyclic) bond motifs is 7. The summed E-state index contributed by atoms with van der Waals surface area (Å²) in [5, 5.41) is 0. The van der Waals surface area contributed by atoms with Gasteiger partial charge < -0.3 is 28.4 Å². The van der Waals surface area contributed by atoms with Crippen LogP contribution < -0.4 is 0 Å². The molecule has 4 fully saturated rings. The third-order valence-electron chi connectivity index (χ3n) is 7.71. The minimum Gasteiger partial charge on any atom is -0.455 e.